The Bertz CT molecular complexity index is 1200. The van der Waals surface area contributed by atoms with E-state index in [2.05, 4.69) is 20.2 Å². The smallest absolute Gasteiger partial charge is 0.407 e. The van der Waals surface area contributed by atoms with Gasteiger partial charge in [-0.1, -0.05) is 23.4 Å². The van der Waals surface area contributed by atoms with E-state index in [0.717, 1.165) is 12.8 Å². The van der Waals surface area contributed by atoms with Gasteiger partial charge in [0.15, 0.2) is 5.69 Å². The Morgan fingerprint density at radius 2 is 1.97 bits per heavy atom. The van der Waals surface area contributed by atoms with Crippen molar-refractivity contribution in [3.8, 4) is 0 Å². The Morgan fingerprint density at radius 3 is 2.63 bits per heavy atom. The van der Waals surface area contributed by atoms with Gasteiger partial charge in [0.25, 0.3) is 0 Å². The quantitative estimate of drug-likeness (QED) is 0.500. The van der Waals surface area contributed by atoms with E-state index < -0.39 is 17.7 Å². The van der Waals surface area contributed by atoms with Crippen molar-refractivity contribution in [2.24, 2.45) is 5.41 Å². The predicted molar refractivity (Wildman–Crippen MR) is 146 cm³/mol. The van der Waals surface area contributed by atoms with Crippen LogP contribution >= 0.6 is 23.4 Å². The number of carbonyl (C=O) groups excluding carboxylic acids is 2. The second-order valence-corrected chi connectivity index (χ2v) is 12.0. The van der Waals surface area contributed by atoms with Crippen LogP contribution in [0.1, 0.15) is 51.0 Å². The van der Waals surface area contributed by atoms with Crippen LogP contribution in [0.25, 0.3) is 0 Å². The van der Waals surface area contributed by atoms with Gasteiger partial charge in [0.2, 0.25) is 0 Å². The summed E-state index contributed by atoms with van der Waals surface area (Å²) in [6.45, 7) is 9.37. The maximum absolute atomic E-state index is 12.7. The average Bonchev–Trinajstić information content (AvgIpc) is 3.15. The molecule has 1 spiro atoms. The SMILES string of the molecule is COC(=O)c1nc(Sc2ccnc(N)c2Cl)ccc1N1CCC2(CC1)CO[C@@H](C)[C@H]2NC(=O)OC(C)(C)C. The molecule has 38 heavy (non-hydrogen) atoms. The summed E-state index contributed by atoms with van der Waals surface area (Å²) in [5.74, 6) is -0.293. The molecule has 12 heteroatoms. The number of ether oxygens (including phenoxy) is 3. The molecule has 2 aliphatic rings. The van der Waals surface area contributed by atoms with E-state index in [1.165, 1.54) is 18.9 Å². The Kier molecular flexibility index (Phi) is 8.29. The van der Waals surface area contributed by atoms with Gasteiger partial charge in [-0.2, -0.15) is 0 Å². The van der Waals surface area contributed by atoms with E-state index >= 15 is 0 Å². The molecule has 0 bridgehead atoms. The summed E-state index contributed by atoms with van der Waals surface area (Å²) >= 11 is 7.58. The second kappa shape index (κ2) is 11.2. The van der Waals surface area contributed by atoms with Crippen molar-refractivity contribution in [2.45, 2.75) is 68.2 Å². The maximum atomic E-state index is 12.7. The van der Waals surface area contributed by atoms with E-state index in [1.807, 2.05) is 39.8 Å². The third-order valence-electron chi connectivity index (χ3n) is 6.86. The number of nitrogens with two attached hydrogens (primary N) is 1. The molecule has 2 atom stereocenters. The fourth-order valence-corrected chi connectivity index (χ4v) is 6.01. The van der Waals surface area contributed by atoms with Gasteiger partial charge in [0, 0.05) is 29.6 Å². The highest BCUT2D eigenvalue weighted by Crippen LogP contribution is 2.44. The highest BCUT2D eigenvalue weighted by Gasteiger charge is 2.50. The van der Waals surface area contributed by atoms with Gasteiger partial charge >= 0.3 is 12.1 Å². The third-order valence-corrected chi connectivity index (χ3v) is 8.36. The number of anilines is 2. The van der Waals surface area contributed by atoms with Gasteiger partial charge < -0.3 is 30.2 Å². The first kappa shape index (κ1) is 28.3. The van der Waals surface area contributed by atoms with Crippen LogP contribution in [0.15, 0.2) is 34.3 Å². The number of hydrogen-bond acceptors (Lipinski definition) is 10. The zero-order chi connectivity index (χ0) is 27.7. The van der Waals surface area contributed by atoms with Crippen LogP contribution < -0.4 is 16.0 Å². The first-order chi connectivity index (χ1) is 17.9. The molecule has 0 unspecified atom stereocenters. The molecule has 2 aromatic rings. The van der Waals surface area contributed by atoms with Crippen LogP contribution in [-0.2, 0) is 14.2 Å². The Balaban J connectivity index is 1.51. The molecular weight excluding hydrogens is 530 g/mol. The van der Waals surface area contributed by atoms with E-state index in [1.54, 1.807) is 12.3 Å². The molecule has 206 valence electrons. The van der Waals surface area contributed by atoms with Crippen LogP contribution in [0.3, 0.4) is 0 Å². The number of amides is 1. The third kappa shape index (κ3) is 6.10. The molecule has 0 aromatic carbocycles. The number of methoxy groups -OCH3 is 1. The molecule has 3 N–H and O–H groups in total. The number of pyridine rings is 2. The molecule has 4 rings (SSSR count). The van der Waals surface area contributed by atoms with Crippen molar-refractivity contribution in [3.63, 3.8) is 0 Å². The lowest BCUT2D eigenvalue weighted by molar-refractivity contribution is 0.0433. The average molecular weight is 564 g/mol. The van der Waals surface area contributed by atoms with Crippen LogP contribution in [0, 0.1) is 5.41 Å². The number of esters is 1. The number of alkyl carbamates (subject to hydrolysis) is 1. The normalized spacial score (nSPS) is 20.8. The van der Waals surface area contributed by atoms with Gasteiger partial charge in [0.05, 0.1) is 36.6 Å². The molecule has 1 amide bonds. The van der Waals surface area contributed by atoms with E-state index in [0.29, 0.717) is 40.3 Å². The summed E-state index contributed by atoms with van der Waals surface area (Å²) < 4.78 is 16.5. The van der Waals surface area contributed by atoms with Crippen molar-refractivity contribution in [1.29, 1.82) is 0 Å². The fourth-order valence-electron chi connectivity index (χ4n) is 4.96. The van der Waals surface area contributed by atoms with E-state index in [9.17, 15) is 9.59 Å². The lowest BCUT2D eigenvalue weighted by Crippen LogP contribution is -2.55. The van der Waals surface area contributed by atoms with Crippen molar-refractivity contribution >= 4 is 46.9 Å². The van der Waals surface area contributed by atoms with Crippen LogP contribution in [0.2, 0.25) is 5.02 Å². The number of rotatable bonds is 5. The Hall–Kier alpha value is -2.76. The monoisotopic (exact) mass is 563 g/mol. The van der Waals surface area contributed by atoms with Crippen LogP contribution in [-0.4, -0.2) is 66.6 Å². The van der Waals surface area contributed by atoms with Crippen molar-refractivity contribution in [2.75, 3.05) is 37.4 Å². The Labute approximate surface area is 231 Å². The molecule has 4 heterocycles. The number of nitrogens with zero attached hydrogens (tertiary/aromatic N) is 3. The number of nitrogen functional groups attached to an aromatic ring is 1. The van der Waals surface area contributed by atoms with Crippen LogP contribution in [0.4, 0.5) is 16.3 Å². The van der Waals surface area contributed by atoms with Crippen molar-refractivity contribution in [1.82, 2.24) is 15.3 Å². The van der Waals surface area contributed by atoms with Gasteiger partial charge in [-0.15, -0.1) is 0 Å². The highest BCUT2D eigenvalue weighted by atomic mass is 35.5. The van der Waals surface area contributed by atoms with E-state index in [-0.39, 0.29) is 29.1 Å². The summed E-state index contributed by atoms with van der Waals surface area (Å²) in [6, 6.07) is 5.29. The summed E-state index contributed by atoms with van der Waals surface area (Å²) in [5, 5.41) is 3.98. The minimum atomic E-state index is -0.583. The summed E-state index contributed by atoms with van der Waals surface area (Å²) in [7, 11) is 1.34. The number of hydrogen-bond donors (Lipinski definition) is 2. The van der Waals surface area contributed by atoms with Crippen LogP contribution in [0.5, 0.6) is 0 Å². The maximum Gasteiger partial charge on any atom is 0.407 e. The van der Waals surface area contributed by atoms with Crippen molar-refractivity contribution < 1.29 is 23.8 Å². The molecule has 2 aromatic heterocycles. The molecule has 10 nitrogen and oxygen atoms in total. The minimum absolute atomic E-state index is 0.133. The highest BCUT2D eigenvalue weighted by molar-refractivity contribution is 7.99. The molecule has 0 saturated carbocycles. The fraction of sp³-hybridized carbons (Fsp3) is 0.538. The van der Waals surface area contributed by atoms with Gasteiger partial charge in [-0.3, -0.25) is 0 Å². The number of piperidine rings is 1. The van der Waals surface area contributed by atoms with Gasteiger partial charge in [0.1, 0.15) is 16.4 Å². The number of aromatic nitrogens is 2. The molecule has 0 aliphatic carbocycles. The lowest BCUT2D eigenvalue weighted by Gasteiger charge is -2.43. The molecule has 2 aliphatic heterocycles. The Morgan fingerprint density at radius 1 is 1.26 bits per heavy atom. The minimum Gasteiger partial charge on any atom is -0.464 e. The standard InChI is InChI=1S/C26H34ClN5O5S/c1-15-21(31-24(34)37-25(2,3)4)26(14-36-15)9-12-32(13-10-26)16-6-7-18(30-20(16)23(33)35-5)38-17-8-11-29-22(28)19(17)27/h6-8,11,15,21H,9-10,12-14H2,1-5H3,(H2,28,29)(H,31,34)/t15-,21+/m0/s1. The number of halogens is 1. The van der Waals surface area contributed by atoms with Gasteiger partial charge in [-0.05, 0) is 58.7 Å². The topological polar surface area (TPSA) is 129 Å². The molecular formula is C26H34ClN5O5S. The summed E-state index contributed by atoms with van der Waals surface area (Å²) in [5.41, 5.74) is 5.94. The van der Waals surface area contributed by atoms with E-state index in [4.69, 9.17) is 31.5 Å². The number of nitrogens with one attached hydrogen (secondary N) is 1. The summed E-state index contributed by atoms with van der Waals surface area (Å²) in [4.78, 5) is 36.7. The zero-order valence-electron chi connectivity index (χ0n) is 22.2. The zero-order valence-corrected chi connectivity index (χ0v) is 23.8. The molecule has 2 fully saturated rings. The van der Waals surface area contributed by atoms with Gasteiger partial charge in [-0.25, -0.2) is 19.6 Å². The lowest BCUT2D eigenvalue weighted by atomic mass is 9.73. The molecule has 0 radical (unpaired) electrons. The first-order valence-electron chi connectivity index (χ1n) is 12.5. The first-order valence-corrected chi connectivity index (χ1v) is 13.7. The molecule has 2 saturated heterocycles. The predicted octanol–water partition coefficient (Wildman–Crippen LogP) is 4.55. The largest absolute Gasteiger partial charge is 0.464 e. The van der Waals surface area contributed by atoms with Crippen molar-refractivity contribution in [3.05, 3.63) is 35.1 Å². The second-order valence-electron chi connectivity index (χ2n) is 10.6. The summed E-state index contributed by atoms with van der Waals surface area (Å²) in [6.07, 6.45) is 2.53. The number of carbonyl (C=O) groups is 2.